The van der Waals surface area contributed by atoms with Crippen molar-refractivity contribution in [3.05, 3.63) is 101 Å². The first-order valence-electron chi connectivity index (χ1n) is 11.8. The molecule has 7 nitrogen and oxygen atoms in total. The summed E-state index contributed by atoms with van der Waals surface area (Å²) in [6, 6.07) is 22.8. The van der Waals surface area contributed by atoms with E-state index in [1.165, 1.54) is 11.4 Å². The van der Waals surface area contributed by atoms with Gasteiger partial charge in [0, 0.05) is 17.1 Å². The number of aryl methyl sites for hydroxylation is 2. The van der Waals surface area contributed by atoms with Crippen molar-refractivity contribution in [2.75, 3.05) is 0 Å². The van der Waals surface area contributed by atoms with E-state index >= 15 is 0 Å². The standard InChI is InChI=1S/C29H31N3O4/c1-20-6-7-21(2)32(20)23-10-14-24(15-11-23)34-19-26-16-17-27(35-26)28(33)31-30-18-22-8-12-25(13-9-22)36-29(3,4)5/h6-18H,19H2,1-5H3,(H,31,33). The fraction of sp³-hybridized carbons (Fsp3) is 0.241. The predicted octanol–water partition coefficient (Wildman–Crippen LogP) is 6.21. The normalized spacial score (nSPS) is 11.6. The second-order valence-corrected chi connectivity index (χ2v) is 9.48. The maximum atomic E-state index is 12.4. The summed E-state index contributed by atoms with van der Waals surface area (Å²) in [5, 5.41) is 4.01. The Labute approximate surface area is 211 Å². The second-order valence-electron chi connectivity index (χ2n) is 9.48. The van der Waals surface area contributed by atoms with Crippen LogP contribution in [0.1, 0.15) is 54.0 Å². The molecule has 2 aromatic carbocycles. The number of hydrogen-bond donors (Lipinski definition) is 1. The molecule has 2 aromatic heterocycles. The molecule has 0 spiro atoms. The third-order valence-corrected chi connectivity index (χ3v) is 5.32. The quantitative estimate of drug-likeness (QED) is 0.238. The summed E-state index contributed by atoms with van der Waals surface area (Å²) >= 11 is 0. The number of rotatable bonds is 8. The lowest BCUT2D eigenvalue weighted by Crippen LogP contribution is -2.22. The van der Waals surface area contributed by atoms with Gasteiger partial charge in [-0.1, -0.05) is 0 Å². The number of carbonyl (C=O) groups is 1. The minimum atomic E-state index is -0.438. The van der Waals surface area contributed by atoms with Gasteiger partial charge in [0.2, 0.25) is 0 Å². The Kier molecular flexibility index (Phi) is 7.29. The molecule has 0 unspecified atom stereocenters. The first kappa shape index (κ1) is 24.9. The third kappa shape index (κ3) is 6.44. The van der Waals surface area contributed by atoms with Gasteiger partial charge >= 0.3 is 5.91 Å². The molecule has 0 atom stereocenters. The first-order chi connectivity index (χ1) is 17.2. The van der Waals surface area contributed by atoms with Gasteiger partial charge in [-0.3, -0.25) is 4.79 Å². The number of carbonyl (C=O) groups excluding carboxylic acids is 1. The topological polar surface area (TPSA) is 78.0 Å². The number of amides is 1. The largest absolute Gasteiger partial charge is 0.488 e. The zero-order chi connectivity index (χ0) is 25.7. The van der Waals surface area contributed by atoms with Gasteiger partial charge in [-0.05, 0) is 113 Å². The van der Waals surface area contributed by atoms with Gasteiger partial charge in [-0.25, -0.2) is 5.43 Å². The molecule has 0 saturated heterocycles. The molecule has 36 heavy (non-hydrogen) atoms. The Morgan fingerprint density at radius 2 is 1.56 bits per heavy atom. The average molecular weight is 486 g/mol. The van der Waals surface area contributed by atoms with E-state index in [4.69, 9.17) is 13.9 Å². The molecular formula is C29H31N3O4. The van der Waals surface area contributed by atoms with Gasteiger partial charge in [0.25, 0.3) is 0 Å². The van der Waals surface area contributed by atoms with Crippen LogP contribution >= 0.6 is 0 Å². The molecule has 0 aliphatic heterocycles. The number of benzene rings is 2. The van der Waals surface area contributed by atoms with Crippen LogP contribution < -0.4 is 14.9 Å². The lowest BCUT2D eigenvalue weighted by Gasteiger charge is -2.21. The number of aromatic nitrogens is 1. The smallest absolute Gasteiger partial charge is 0.307 e. The molecule has 0 aliphatic carbocycles. The molecule has 0 fully saturated rings. The van der Waals surface area contributed by atoms with Crippen LogP contribution in [0, 0.1) is 13.8 Å². The molecule has 1 N–H and O–H groups in total. The van der Waals surface area contributed by atoms with Gasteiger partial charge in [0.05, 0.1) is 6.21 Å². The fourth-order valence-corrected chi connectivity index (χ4v) is 3.70. The van der Waals surface area contributed by atoms with E-state index in [1.54, 1.807) is 18.3 Å². The number of furan rings is 1. The van der Waals surface area contributed by atoms with Crippen LogP contribution in [-0.2, 0) is 6.61 Å². The molecule has 2 heterocycles. The fourth-order valence-electron chi connectivity index (χ4n) is 3.70. The van der Waals surface area contributed by atoms with E-state index in [0.29, 0.717) is 11.5 Å². The number of hydrogen-bond acceptors (Lipinski definition) is 5. The summed E-state index contributed by atoms with van der Waals surface area (Å²) in [6.45, 7) is 10.3. The number of ether oxygens (including phenoxy) is 2. The highest BCUT2D eigenvalue weighted by Gasteiger charge is 2.12. The van der Waals surface area contributed by atoms with Gasteiger partial charge in [-0.2, -0.15) is 5.10 Å². The van der Waals surface area contributed by atoms with Crippen LogP contribution in [0.5, 0.6) is 11.5 Å². The van der Waals surface area contributed by atoms with Gasteiger partial charge in [0.15, 0.2) is 5.76 Å². The van der Waals surface area contributed by atoms with Crippen molar-refractivity contribution in [1.29, 1.82) is 0 Å². The Morgan fingerprint density at radius 3 is 2.19 bits per heavy atom. The van der Waals surface area contributed by atoms with Gasteiger partial charge < -0.3 is 18.5 Å². The molecule has 0 saturated carbocycles. The van der Waals surface area contributed by atoms with Crippen molar-refractivity contribution in [2.24, 2.45) is 5.10 Å². The van der Waals surface area contributed by atoms with Crippen LogP contribution in [0.15, 0.2) is 82.3 Å². The van der Waals surface area contributed by atoms with Crippen molar-refractivity contribution in [3.8, 4) is 17.2 Å². The van der Waals surface area contributed by atoms with Crippen molar-refractivity contribution >= 4 is 12.1 Å². The molecule has 0 aliphatic rings. The molecule has 186 valence electrons. The highest BCUT2D eigenvalue weighted by atomic mass is 16.5. The van der Waals surface area contributed by atoms with Crippen molar-refractivity contribution in [3.63, 3.8) is 0 Å². The van der Waals surface area contributed by atoms with Gasteiger partial charge in [-0.15, -0.1) is 0 Å². The van der Waals surface area contributed by atoms with Crippen molar-refractivity contribution < 1.29 is 18.7 Å². The maximum Gasteiger partial charge on any atom is 0.307 e. The summed E-state index contributed by atoms with van der Waals surface area (Å²) in [5.74, 6) is 1.75. The molecule has 7 heteroatoms. The highest BCUT2D eigenvalue weighted by Crippen LogP contribution is 2.21. The molecule has 4 aromatic rings. The van der Waals surface area contributed by atoms with Crippen LogP contribution in [0.25, 0.3) is 5.69 Å². The summed E-state index contributed by atoms with van der Waals surface area (Å²) in [7, 11) is 0. The average Bonchev–Trinajstić information content (AvgIpc) is 3.44. The summed E-state index contributed by atoms with van der Waals surface area (Å²) < 4.78 is 19.4. The SMILES string of the molecule is Cc1ccc(C)n1-c1ccc(OCc2ccc(C(=O)NN=Cc3ccc(OC(C)(C)C)cc3)o2)cc1. The van der Waals surface area contributed by atoms with Gasteiger partial charge in [0.1, 0.15) is 29.5 Å². The Balaban J connectivity index is 1.27. The summed E-state index contributed by atoms with van der Waals surface area (Å²) in [6.07, 6.45) is 1.56. The van der Waals surface area contributed by atoms with Crippen molar-refractivity contribution in [1.82, 2.24) is 9.99 Å². The molecule has 4 rings (SSSR count). The molecule has 0 bridgehead atoms. The lowest BCUT2D eigenvalue weighted by atomic mass is 10.2. The highest BCUT2D eigenvalue weighted by molar-refractivity contribution is 5.92. The van der Waals surface area contributed by atoms with Crippen molar-refractivity contribution in [2.45, 2.75) is 46.8 Å². The van der Waals surface area contributed by atoms with Crippen LogP contribution in [0.4, 0.5) is 0 Å². The number of nitrogens with zero attached hydrogens (tertiary/aromatic N) is 2. The van der Waals surface area contributed by atoms with Crippen LogP contribution in [0.2, 0.25) is 0 Å². The van der Waals surface area contributed by atoms with E-state index in [1.807, 2.05) is 69.3 Å². The van der Waals surface area contributed by atoms with Crippen LogP contribution in [-0.4, -0.2) is 22.3 Å². The molecular weight excluding hydrogens is 454 g/mol. The van der Waals surface area contributed by atoms with E-state index in [0.717, 1.165) is 17.0 Å². The predicted molar refractivity (Wildman–Crippen MR) is 140 cm³/mol. The van der Waals surface area contributed by atoms with Crippen LogP contribution in [0.3, 0.4) is 0 Å². The molecule has 0 radical (unpaired) electrons. The minimum absolute atomic E-state index is 0.161. The monoisotopic (exact) mass is 485 g/mol. The summed E-state index contributed by atoms with van der Waals surface area (Å²) in [4.78, 5) is 12.4. The Hall–Kier alpha value is -4.26. The van der Waals surface area contributed by atoms with E-state index in [9.17, 15) is 4.79 Å². The number of hydrazone groups is 1. The van der Waals surface area contributed by atoms with E-state index in [-0.39, 0.29) is 18.0 Å². The molecule has 1 amide bonds. The maximum absolute atomic E-state index is 12.4. The van der Waals surface area contributed by atoms with E-state index in [2.05, 4.69) is 41.1 Å². The second kappa shape index (κ2) is 10.6. The third-order valence-electron chi connectivity index (χ3n) is 5.32. The zero-order valence-corrected chi connectivity index (χ0v) is 21.2. The zero-order valence-electron chi connectivity index (χ0n) is 21.2. The Morgan fingerprint density at radius 1 is 0.917 bits per heavy atom. The number of nitrogens with one attached hydrogen (secondary N) is 1. The lowest BCUT2D eigenvalue weighted by molar-refractivity contribution is 0.0923. The first-order valence-corrected chi connectivity index (χ1v) is 11.8. The minimum Gasteiger partial charge on any atom is -0.488 e. The summed E-state index contributed by atoms with van der Waals surface area (Å²) in [5.41, 5.74) is 6.48. The Bertz CT molecular complexity index is 1320. The van der Waals surface area contributed by atoms with E-state index < -0.39 is 5.91 Å².